The fraction of sp³-hybridized carbons (Fsp3) is 0.273. The maximum Gasteiger partial charge on any atom is 0.573 e. The second-order valence-corrected chi connectivity index (χ2v) is 11.8. The van der Waals surface area contributed by atoms with Crippen LogP contribution in [0.3, 0.4) is 0 Å². The summed E-state index contributed by atoms with van der Waals surface area (Å²) < 4.78 is 44.7. The predicted octanol–water partition coefficient (Wildman–Crippen LogP) is 7.49. The molecule has 8 nitrogen and oxygen atoms in total. The standard InChI is InChI=1S/C33H33F3N6O2S/c1-21(16-17-37-31(43)39-32-42(24(4)19-45-32)29-22(2)6-5-7-23(29)3)18-25-8-10-26(11-9-25)30-38-20-41(40-30)27-12-14-28(15-13-27)44-33(34,35)36/h5-15,19-21H,16-18H2,1-4H3,(H,37,43)/b39-32-. The van der Waals surface area contributed by atoms with Gasteiger partial charge < -0.3 is 10.1 Å². The van der Waals surface area contributed by atoms with Crippen LogP contribution in [-0.2, 0) is 6.42 Å². The number of nitrogens with zero attached hydrogens (tertiary/aromatic N) is 5. The Kier molecular flexibility index (Phi) is 9.52. The van der Waals surface area contributed by atoms with E-state index in [1.54, 1.807) is 0 Å². The average molecular weight is 635 g/mol. The van der Waals surface area contributed by atoms with Gasteiger partial charge in [-0.15, -0.1) is 29.6 Å². The molecule has 0 radical (unpaired) electrons. The molecule has 2 aromatic heterocycles. The first-order chi connectivity index (χ1) is 21.5. The van der Waals surface area contributed by atoms with Gasteiger partial charge in [0.25, 0.3) is 0 Å². The van der Waals surface area contributed by atoms with Gasteiger partial charge in [-0.1, -0.05) is 49.4 Å². The minimum absolute atomic E-state index is 0.302. The van der Waals surface area contributed by atoms with Gasteiger partial charge in [0.1, 0.15) is 12.1 Å². The van der Waals surface area contributed by atoms with Gasteiger partial charge in [-0.3, -0.25) is 4.57 Å². The normalized spacial score (nSPS) is 12.7. The van der Waals surface area contributed by atoms with E-state index in [1.165, 1.54) is 46.6 Å². The van der Waals surface area contributed by atoms with Crippen molar-refractivity contribution < 1.29 is 22.7 Å². The van der Waals surface area contributed by atoms with E-state index in [9.17, 15) is 18.0 Å². The number of halogens is 3. The van der Waals surface area contributed by atoms with Crippen LogP contribution >= 0.6 is 11.3 Å². The monoisotopic (exact) mass is 634 g/mol. The molecule has 45 heavy (non-hydrogen) atoms. The minimum Gasteiger partial charge on any atom is -0.406 e. The second kappa shape index (κ2) is 13.5. The highest BCUT2D eigenvalue weighted by molar-refractivity contribution is 7.07. The van der Waals surface area contributed by atoms with Crippen LogP contribution in [0.15, 0.2) is 83.4 Å². The van der Waals surface area contributed by atoms with E-state index < -0.39 is 6.36 Å². The summed E-state index contributed by atoms with van der Waals surface area (Å²) in [5.74, 6) is 0.515. The van der Waals surface area contributed by atoms with Crippen molar-refractivity contribution in [1.29, 1.82) is 0 Å². The number of hydrogen-bond donors (Lipinski definition) is 1. The second-order valence-electron chi connectivity index (χ2n) is 10.9. The molecule has 234 valence electrons. The fourth-order valence-electron chi connectivity index (χ4n) is 5.07. The lowest BCUT2D eigenvalue weighted by Gasteiger charge is -2.13. The first kappa shape index (κ1) is 31.7. The molecule has 0 spiro atoms. The average Bonchev–Trinajstić information content (AvgIpc) is 3.61. The van der Waals surface area contributed by atoms with Gasteiger partial charge >= 0.3 is 12.4 Å². The highest BCUT2D eigenvalue weighted by atomic mass is 32.1. The smallest absolute Gasteiger partial charge is 0.406 e. The van der Waals surface area contributed by atoms with Crippen molar-refractivity contribution in [2.75, 3.05) is 6.54 Å². The maximum absolute atomic E-state index is 12.7. The lowest BCUT2D eigenvalue weighted by Crippen LogP contribution is -2.26. The van der Waals surface area contributed by atoms with Crippen molar-refractivity contribution in [3.63, 3.8) is 0 Å². The number of amides is 2. The topological polar surface area (TPSA) is 86.3 Å². The van der Waals surface area contributed by atoms with E-state index in [2.05, 4.69) is 58.0 Å². The van der Waals surface area contributed by atoms with Crippen molar-refractivity contribution in [2.24, 2.45) is 10.9 Å². The van der Waals surface area contributed by atoms with E-state index in [0.29, 0.717) is 28.8 Å². The minimum atomic E-state index is -4.74. The third-order valence-corrected chi connectivity index (χ3v) is 8.22. The SMILES string of the molecule is Cc1cccc(C)c1-n1c(C)cs/c1=N\C(=O)NCCC(C)Cc1ccc(-c2ncn(-c3ccc(OC(F)(F)F)cc3)n2)cc1. The molecular formula is C33H33F3N6O2S. The molecule has 2 heterocycles. The number of carbonyl (C=O) groups excluding carboxylic acids is 1. The van der Waals surface area contributed by atoms with Gasteiger partial charge in [-0.25, -0.2) is 14.5 Å². The number of urea groups is 1. The van der Waals surface area contributed by atoms with Crippen molar-refractivity contribution in [3.8, 4) is 28.5 Å². The van der Waals surface area contributed by atoms with Crippen LogP contribution in [0.5, 0.6) is 5.75 Å². The summed E-state index contributed by atoms with van der Waals surface area (Å²) in [4.78, 5) is 22.1. The van der Waals surface area contributed by atoms with E-state index >= 15 is 0 Å². The van der Waals surface area contributed by atoms with Gasteiger partial charge in [0.2, 0.25) is 0 Å². The van der Waals surface area contributed by atoms with Crippen molar-refractivity contribution in [2.45, 2.75) is 46.9 Å². The summed E-state index contributed by atoms with van der Waals surface area (Å²) >= 11 is 1.45. The van der Waals surface area contributed by atoms with Crippen molar-refractivity contribution in [1.82, 2.24) is 24.6 Å². The number of rotatable bonds is 9. The molecule has 1 atom stereocenters. The summed E-state index contributed by atoms with van der Waals surface area (Å²) in [6.07, 6.45) is -1.61. The summed E-state index contributed by atoms with van der Waals surface area (Å²) in [5.41, 5.74) is 6.85. The van der Waals surface area contributed by atoms with Gasteiger partial charge in [-0.2, -0.15) is 4.99 Å². The summed E-state index contributed by atoms with van der Waals surface area (Å²) in [6.45, 7) is 8.78. The molecule has 3 aromatic carbocycles. The maximum atomic E-state index is 12.7. The van der Waals surface area contributed by atoms with Crippen molar-refractivity contribution in [3.05, 3.63) is 106 Å². The summed E-state index contributed by atoms with van der Waals surface area (Å²) in [6, 6.07) is 19.1. The number of ether oxygens (including phenoxy) is 1. The van der Waals surface area contributed by atoms with Crippen LogP contribution < -0.4 is 14.9 Å². The quantitative estimate of drug-likeness (QED) is 0.182. The molecule has 0 saturated heterocycles. The number of alkyl halides is 3. The fourth-order valence-corrected chi connectivity index (χ4v) is 5.93. The van der Waals surface area contributed by atoms with Gasteiger partial charge in [-0.05, 0) is 80.5 Å². The third-order valence-electron chi connectivity index (χ3n) is 7.28. The Labute approximate surface area is 262 Å². The van der Waals surface area contributed by atoms with E-state index in [-0.39, 0.29) is 11.8 Å². The number of aryl methyl sites for hydroxylation is 3. The number of hydrogen-bond acceptors (Lipinski definition) is 5. The molecular weight excluding hydrogens is 601 g/mol. The predicted molar refractivity (Wildman–Crippen MR) is 168 cm³/mol. The Hall–Kier alpha value is -4.71. The molecule has 12 heteroatoms. The largest absolute Gasteiger partial charge is 0.573 e. The van der Waals surface area contributed by atoms with Gasteiger partial charge in [0.15, 0.2) is 10.6 Å². The van der Waals surface area contributed by atoms with E-state index in [0.717, 1.165) is 46.5 Å². The Balaban J connectivity index is 1.14. The first-order valence-electron chi connectivity index (χ1n) is 14.4. The lowest BCUT2D eigenvalue weighted by molar-refractivity contribution is -0.274. The highest BCUT2D eigenvalue weighted by Gasteiger charge is 2.31. The Morgan fingerprint density at radius 3 is 2.38 bits per heavy atom. The number of para-hydroxylation sites is 1. The zero-order valence-electron chi connectivity index (χ0n) is 25.3. The van der Waals surface area contributed by atoms with Crippen LogP contribution in [-0.4, -0.2) is 38.3 Å². The summed E-state index contributed by atoms with van der Waals surface area (Å²) in [7, 11) is 0. The zero-order valence-corrected chi connectivity index (χ0v) is 26.1. The van der Waals surface area contributed by atoms with Crippen LogP contribution in [0.1, 0.15) is 35.7 Å². The number of aromatic nitrogens is 4. The molecule has 2 amide bonds. The Bertz CT molecular complexity index is 1820. The third kappa shape index (κ3) is 8.07. The van der Waals surface area contributed by atoms with Crippen molar-refractivity contribution >= 4 is 17.4 Å². The van der Waals surface area contributed by atoms with Crippen LogP contribution in [0, 0.1) is 26.7 Å². The molecule has 5 rings (SSSR count). The van der Waals surface area contributed by atoms with E-state index in [4.69, 9.17) is 0 Å². The number of carbonyl (C=O) groups is 1. The highest BCUT2D eigenvalue weighted by Crippen LogP contribution is 2.25. The number of nitrogens with one attached hydrogen (secondary N) is 1. The zero-order chi connectivity index (χ0) is 32.1. The van der Waals surface area contributed by atoms with Crippen LogP contribution in [0.2, 0.25) is 0 Å². The molecule has 1 N–H and O–H groups in total. The number of thiazole rings is 1. The molecule has 5 aromatic rings. The lowest BCUT2D eigenvalue weighted by atomic mass is 9.97. The molecule has 0 bridgehead atoms. The van der Waals surface area contributed by atoms with Crippen LogP contribution in [0.4, 0.5) is 18.0 Å². The van der Waals surface area contributed by atoms with E-state index in [1.807, 2.05) is 47.2 Å². The van der Waals surface area contributed by atoms with Crippen LogP contribution in [0.25, 0.3) is 22.8 Å². The molecule has 1 unspecified atom stereocenters. The van der Waals surface area contributed by atoms with Gasteiger partial charge in [0.05, 0.1) is 11.4 Å². The Morgan fingerprint density at radius 1 is 1.02 bits per heavy atom. The Morgan fingerprint density at radius 2 is 1.71 bits per heavy atom. The first-order valence-corrected chi connectivity index (χ1v) is 15.3. The van der Waals surface area contributed by atoms with Gasteiger partial charge in [0, 0.05) is 23.2 Å². The molecule has 0 aliphatic heterocycles. The molecule has 0 fully saturated rings. The number of benzene rings is 3. The molecule has 0 saturated carbocycles. The molecule has 0 aliphatic rings. The summed E-state index contributed by atoms with van der Waals surface area (Å²) in [5, 5.41) is 9.40. The molecule has 0 aliphatic carbocycles.